The quantitative estimate of drug-likeness (QED) is 0.589. The third kappa shape index (κ3) is 3.23. The highest BCUT2D eigenvalue weighted by Crippen LogP contribution is 2.47. The molecule has 1 aromatic carbocycles. The average molecular weight is 415 g/mol. The van der Waals surface area contributed by atoms with Crippen molar-refractivity contribution in [3.8, 4) is 0 Å². The first kappa shape index (κ1) is 19.7. The Morgan fingerprint density at radius 2 is 1.97 bits per heavy atom. The standard InChI is InChI=1S/C21H25N3O6/c1-19(2)27-15-10-26-18-21(16(15)28-19,30-20(3,4)29-18)11-22-24-17(25)14-9-12-7-5-6-8-13(12)23-14/h5-9,11,15-16,18,23H,10H2,1-4H3,(H,24,25)/b22-11-/t15-,16-,18+,21-/m1/s1. The van der Waals surface area contributed by atoms with Gasteiger partial charge in [-0.1, -0.05) is 18.2 Å². The van der Waals surface area contributed by atoms with E-state index in [0.717, 1.165) is 10.9 Å². The van der Waals surface area contributed by atoms with Crippen LogP contribution in [0.3, 0.4) is 0 Å². The number of para-hydroxylation sites is 1. The summed E-state index contributed by atoms with van der Waals surface area (Å²) in [5.41, 5.74) is 2.68. The first-order valence-electron chi connectivity index (χ1n) is 9.95. The molecule has 9 heteroatoms. The van der Waals surface area contributed by atoms with Crippen LogP contribution in [0.5, 0.6) is 0 Å². The van der Waals surface area contributed by atoms with E-state index in [4.69, 9.17) is 23.7 Å². The van der Waals surface area contributed by atoms with Gasteiger partial charge in [0.15, 0.2) is 23.5 Å². The number of H-pyrrole nitrogens is 1. The van der Waals surface area contributed by atoms with Gasteiger partial charge in [0.25, 0.3) is 5.91 Å². The maximum Gasteiger partial charge on any atom is 0.287 e. The van der Waals surface area contributed by atoms with E-state index in [2.05, 4.69) is 15.5 Å². The van der Waals surface area contributed by atoms with Gasteiger partial charge < -0.3 is 28.7 Å². The molecule has 4 heterocycles. The summed E-state index contributed by atoms with van der Waals surface area (Å²) in [4.78, 5) is 15.7. The number of carbonyl (C=O) groups is 1. The number of hydrogen-bond acceptors (Lipinski definition) is 7. The lowest BCUT2D eigenvalue weighted by Gasteiger charge is -2.39. The molecule has 2 N–H and O–H groups in total. The fourth-order valence-corrected chi connectivity index (χ4v) is 4.33. The summed E-state index contributed by atoms with van der Waals surface area (Å²) in [6, 6.07) is 9.43. The van der Waals surface area contributed by atoms with Gasteiger partial charge in [0.1, 0.15) is 17.9 Å². The van der Waals surface area contributed by atoms with Crippen LogP contribution in [0.2, 0.25) is 0 Å². The normalized spacial score (nSPS) is 34.2. The molecule has 2 aromatic rings. The maximum atomic E-state index is 12.6. The molecule has 3 saturated heterocycles. The third-order valence-electron chi connectivity index (χ3n) is 5.43. The minimum Gasteiger partial charge on any atom is -0.350 e. The summed E-state index contributed by atoms with van der Waals surface area (Å²) < 4.78 is 30.1. The number of amides is 1. The van der Waals surface area contributed by atoms with Crippen LogP contribution in [-0.2, 0) is 23.7 Å². The van der Waals surface area contributed by atoms with Crippen LogP contribution in [0.4, 0.5) is 0 Å². The lowest BCUT2D eigenvalue weighted by atomic mass is 9.91. The maximum absolute atomic E-state index is 12.6. The minimum absolute atomic E-state index is 0.315. The molecule has 3 aliphatic heterocycles. The molecule has 1 amide bonds. The molecule has 1 aromatic heterocycles. The summed E-state index contributed by atoms with van der Waals surface area (Å²) >= 11 is 0. The second kappa shape index (κ2) is 6.60. The Hall–Kier alpha value is -2.30. The van der Waals surface area contributed by atoms with Crippen LogP contribution in [0, 0.1) is 0 Å². The van der Waals surface area contributed by atoms with Crippen molar-refractivity contribution in [1.82, 2.24) is 10.4 Å². The van der Waals surface area contributed by atoms with Crippen molar-refractivity contribution in [2.75, 3.05) is 6.61 Å². The highest BCUT2D eigenvalue weighted by molar-refractivity contribution is 5.98. The molecular formula is C21H25N3O6. The Kier molecular flexibility index (Phi) is 4.32. The highest BCUT2D eigenvalue weighted by Gasteiger charge is 2.66. The number of fused-ring (bicyclic) bond motifs is 4. The van der Waals surface area contributed by atoms with Crippen LogP contribution in [0.25, 0.3) is 10.9 Å². The van der Waals surface area contributed by atoms with E-state index in [1.165, 1.54) is 6.21 Å². The van der Waals surface area contributed by atoms with Gasteiger partial charge in [-0.3, -0.25) is 4.79 Å². The predicted octanol–water partition coefficient (Wildman–Crippen LogP) is 2.28. The molecule has 0 bridgehead atoms. The molecule has 3 fully saturated rings. The SMILES string of the molecule is CC1(C)O[C@@H]2[C@@H](CO[C@H]3OC(C)(C)O[C@@]32/C=N\NC(=O)c2cc3ccccc3[nH]2)O1. The van der Waals surface area contributed by atoms with E-state index < -0.39 is 29.6 Å². The van der Waals surface area contributed by atoms with Crippen LogP contribution < -0.4 is 5.43 Å². The molecular weight excluding hydrogens is 390 g/mol. The smallest absolute Gasteiger partial charge is 0.287 e. The summed E-state index contributed by atoms with van der Waals surface area (Å²) in [6.07, 6.45) is -0.0829. The van der Waals surface area contributed by atoms with Crippen molar-refractivity contribution in [3.05, 3.63) is 36.0 Å². The van der Waals surface area contributed by atoms with Gasteiger partial charge in [-0.2, -0.15) is 5.10 Å². The number of benzene rings is 1. The lowest BCUT2D eigenvalue weighted by Crippen LogP contribution is -2.62. The number of hydrogen-bond donors (Lipinski definition) is 2. The molecule has 0 spiro atoms. The molecule has 9 nitrogen and oxygen atoms in total. The van der Waals surface area contributed by atoms with Crippen molar-refractivity contribution in [3.63, 3.8) is 0 Å². The van der Waals surface area contributed by atoms with E-state index in [1.54, 1.807) is 19.9 Å². The molecule has 4 atom stereocenters. The van der Waals surface area contributed by atoms with Gasteiger partial charge in [-0.05, 0) is 39.8 Å². The van der Waals surface area contributed by atoms with Gasteiger partial charge >= 0.3 is 0 Å². The van der Waals surface area contributed by atoms with Crippen molar-refractivity contribution < 1.29 is 28.5 Å². The van der Waals surface area contributed by atoms with Gasteiger partial charge in [0.05, 0.1) is 12.8 Å². The summed E-state index contributed by atoms with van der Waals surface area (Å²) in [5, 5.41) is 5.13. The van der Waals surface area contributed by atoms with Crippen LogP contribution in [0.15, 0.2) is 35.4 Å². The third-order valence-corrected chi connectivity index (χ3v) is 5.43. The first-order valence-corrected chi connectivity index (χ1v) is 9.95. The number of carbonyl (C=O) groups excluding carboxylic acids is 1. The van der Waals surface area contributed by atoms with Crippen LogP contribution in [0.1, 0.15) is 38.2 Å². The van der Waals surface area contributed by atoms with Gasteiger partial charge in [-0.25, -0.2) is 5.43 Å². The van der Waals surface area contributed by atoms with Crippen molar-refractivity contribution in [2.45, 2.75) is 63.4 Å². The topological polar surface area (TPSA) is 103 Å². The number of hydrazone groups is 1. The van der Waals surface area contributed by atoms with E-state index in [-0.39, 0.29) is 12.0 Å². The first-order chi connectivity index (χ1) is 14.2. The minimum atomic E-state index is -1.16. The zero-order valence-corrected chi connectivity index (χ0v) is 17.3. The van der Waals surface area contributed by atoms with Gasteiger partial charge in [0, 0.05) is 10.9 Å². The lowest BCUT2D eigenvalue weighted by molar-refractivity contribution is -0.208. The number of aromatic nitrogens is 1. The number of rotatable bonds is 3. The summed E-state index contributed by atoms with van der Waals surface area (Å²) in [5.74, 6) is -2.08. The number of nitrogens with zero attached hydrogens (tertiary/aromatic N) is 1. The van der Waals surface area contributed by atoms with E-state index in [0.29, 0.717) is 12.3 Å². The highest BCUT2D eigenvalue weighted by atomic mass is 16.9. The monoisotopic (exact) mass is 415 g/mol. The molecule has 0 radical (unpaired) electrons. The molecule has 5 rings (SSSR count). The van der Waals surface area contributed by atoms with Gasteiger partial charge in [-0.15, -0.1) is 0 Å². The van der Waals surface area contributed by atoms with E-state index in [1.807, 2.05) is 38.1 Å². The Labute approximate surface area is 173 Å². The summed E-state index contributed by atoms with van der Waals surface area (Å²) in [7, 11) is 0. The number of nitrogens with one attached hydrogen (secondary N) is 2. The Bertz CT molecular complexity index is 982. The average Bonchev–Trinajstić information content (AvgIpc) is 3.31. The second-order valence-electron chi connectivity index (χ2n) is 8.70. The second-order valence-corrected chi connectivity index (χ2v) is 8.70. The molecule has 160 valence electrons. The molecule has 0 unspecified atom stereocenters. The molecule has 3 aliphatic rings. The Balaban J connectivity index is 1.40. The predicted molar refractivity (Wildman–Crippen MR) is 107 cm³/mol. The van der Waals surface area contributed by atoms with Crippen molar-refractivity contribution in [2.24, 2.45) is 5.10 Å². The van der Waals surface area contributed by atoms with E-state index >= 15 is 0 Å². The Morgan fingerprint density at radius 1 is 1.17 bits per heavy atom. The zero-order chi connectivity index (χ0) is 21.1. The van der Waals surface area contributed by atoms with Crippen LogP contribution >= 0.6 is 0 Å². The zero-order valence-electron chi connectivity index (χ0n) is 17.3. The van der Waals surface area contributed by atoms with Gasteiger partial charge in [0.2, 0.25) is 0 Å². The molecule has 30 heavy (non-hydrogen) atoms. The number of ether oxygens (including phenoxy) is 5. The van der Waals surface area contributed by atoms with E-state index in [9.17, 15) is 4.79 Å². The molecule has 0 aliphatic carbocycles. The van der Waals surface area contributed by atoms with Crippen LogP contribution in [-0.4, -0.2) is 59.4 Å². The number of aromatic amines is 1. The fraction of sp³-hybridized carbons (Fsp3) is 0.524. The van der Waals surface area contributed by atoms with Crippen molar-refractivity contribution in [1.29, 1.82) is 0 Å². The fourth-order valence-electron chi connectivity index (χ4n) is 4.33. The summed E-state index contributed by atoms with van der Waals surface area (Å²) in [6.45, 7) is 7.58. The Morgan fingerprint density at radius 3 is 2.77 bits per heavy atom. The largest absolute Gasteiger partial charge is 0.350 e. The van der Waals surface area contributed by atoms with Crippen molar-refractivity contribution >= 4 is 23.0 Å². The molecule has 0 saturated carbocycles.